The van der Waals surface area contributed by atoms with Crippen LogP contribution in [0.4, 0.5) is 0 Å². The van der Waals surface area contributed by atoms with Crippen molar-refractivity contribution in [1.29, 1.82) is 0 Å². The van der Waals surface area contributed by atoms with Gasteiger partial charge in [-0.2, -0.15) is 0 Å². The van der Waals surface area contributed by atoms with E-state index < -0.39 is 11.9 Å². The van der Waals surface area contributed by atoms with E-state index in [1.165, 1.54) is 36.1 Å². The first kappa shape index (κ1) is 24.0. The number of carboxylic acid groups (broad SMARTS) is 2. The van der Waals surface area contributed by atoms with Gasteiger partial charge in [-0.25, -0.2) is 4.79 Å². The molecule has 3 atom stereocenters. The Balaban J connectivity index is 1.63. The Morgan fingerprint density at radius 3 is 2.54 bits per heavy atom. The van der Waals surface area contributed by atoms with Crippen LogP contribution in [0.2, 0.25) is 0 Å². The van der Waals surface area contributed by atoms with Crippen LogP contribution in [0.3, 0.4) is 0 Å². The molecule has 2 fully saturated rings. The lowest BCUT2D eigenvalue weighted by Gasteiger charge is -2.28. The highest BCUT2D eigenvalue weighted by Crippen LogP contribution is 2.53. The number of aromatic carboxylic acids is 1. The van der Waals surface area contributed by atoms with Crippen LogP contribution in [0.15, 0.2) is 36.4 Å². The lowest BCUT2D eigenvalue weighted by Crippen LogP contribution is -2.30. The first-order valence-corrected chi connectivity index (χ1v) is 13.4. The molecule has 0 radical (unpaired) electrons. The van der Waals surface area contributed by atoms with Gasteiger partial charge in [0.2, 0.25) is 0 Å². The zero-order valence-corrected chi connectivity index (χ0v) is 21.4. The molecular formula is C30H34N2O5. The van der Waals surface area contributed by atoms with E-state index in [-0.39, 0.29) is 24.4 Å². The van der Waals surface area contributed by atoms with E-state index in [9.17, 15) is 19.8 Å². The second-order valence-electron chi connectivity index (χ2n) is 11.1. The molecule has 0 amide bonds. The molecule has 1 saturated heterocycles. The van der Waals surface area contributed by atoms with Crippen LogP contribution in [-0.2, 0) is 11.3 Å². The maximum Gasteiger partial charge on any atom is 0.335 e. The molecule has 37 heavy (non-hydrogen) atoms. The van der Waals surface area contributed by atoms with Crippen molar-refractivity contribution in [3.63, 3.8) is 0 Å². The minimum atomic E-state index is -0.921. The van der Waals surface area contributed by atoms with Gasteiger partial charge in [0.1, 0.15) is 5.75 Å². The summed E-state index contributed by atoms with van der Waals surface area (Å²) >= 11 is 0. The molecule has 2 aliphatic heterocycles. The molecule has 3 unspecified atom stereocenters. The molecule has 2 aromatic carbocycles. The number of aliphatic carboxylic acids is 1. The molecule has 1 saturated carbocycles. The molecule has 3 heterocycles. The monoisotopic (exact) mass is 502 g/mol. The molecule has 3 aromatic rings. The highest BCUT2D eigenvalue weighted by atomic mass is 16.5. The second-order valence-corrected chi connectivity index (χ2v) is 11.1. The molecule has 0 spiro atoms. The summed E-state index contributed by atoms with van der Waals surface area (Å²) in [6.07, 6.45) is 6.87. The van der Waals surface area contributed by atoms with Crippen molar-refractivity contribution < 1.29 is 24.5 Å². The van der Waals surface area contributed by atoms with Gasteiger partial charge in [0.25, 0.3) is 0 Å². The molecular weight excluding hydrogens is 468 g/mol. The average Bonchev–Trinajstić information content (AvgIpc) is 3.32. The molecule has 2 N–H and O–H groups in total. The zero-order chi connectivity index (χ0) is 25.8. The number of nitrogens with zero attached hydrogens (tertiary/aromatic N) is 2. The van der Waals surface area contributed by atoms with Crippen molar-refractivity contribution in [1.82, 2.24) is 9.47 Å². The minimum absolute atomic E-state index is 0.0534. The summed E-state index contributed by atoms with van der Waals surface area (Å²) < 4.78 is 8.01. The minimum Gasteiger partial charge on any atom is -0.497 e. The third-order valence-corrected chi connectivity index (χ3v) is 9.06. The summed E-state index contributed by atoms with van der Waals surface area (Å²) in [6, 6.07) is 11.9. The van der Waals surface area contributed by atoms with Gasteiger partial charge in [-0.3, -0.25) is 9.69 Å². The van der Waals surface area contributed by atoms with Crippen molar-refractivity contribution in [3.05, 3.63) is 53.1 Å². The number of benzene rings is 2. The van der Waals surface area contributed by atoms with Gasteiger partial charge >= 0.3 is 11.9 Å². The normalized spacial score (nSPS) is 23.8. The Morgan fingerprint density at radius 2 is 1.84 bits per heavy atom. The fraction of sp³-hybridized carbons (Fsp3) is 0.467. The van der Waals surface area contributed by atoms with Crippen molar-refractivity contribution in [2.45, 2.75) is 69.5 Å². The van der Waals surface area contributed by atoms with Gasteiger partial charge in [0.15, 0.2) is 0 Å². The number of hydrogen-bond acceptors (Lipinski definition) is 4. The standard InChI is InChI=1S/C30H34N2O5/c1-31-20(14-26(33)34)12-19-16-32-25-13-18(30(35)36)8-10-23(25)27(17-6-4-3-5-7-17)29(32)22-11-9-21(37-2)15-24(22)28(19)31/h8-11,13,15,17,19-20,28H,3-7,12,14,16H2,1-2H3,(H,33,34)(H,35,36). The summed E-state index contributed by atoms with van der Waals surface area (Å²) in [5.74, 6) is -0.268. The lowest BCUT2D eigenvalue weighted by atomic mass is 9.81. The largest absolute Gasteiger partial charge is 0.497 e. The van der Waals surface area contributed by atoms with E-state index in [2.05, 4.69) is 21.6 Å². The zero-order valence-electron chi connectivity index (χ0n) is 21.4. The van der Waals surface area contributed by atoms with Crippen molar-refractivity contribution in [2.75, 3.05) is 14.2 Å². The number of rotatable bonds is 5. The molecule has 6 rings (SSSR count). The predicted molar refractivity (Wildman–Crippen MR) is 141 cm³/mol. The molecule has 3 aliphatic rings. The second kappa shape index (κ2) is 9.21. The molecule has 0 bridgehead atoms. The number of methoxy groups -OCH3 is 1. The van der Waals surface area contributed by atoms with E-state index in [1.807, 2.05) is 25.2 Å². The number of carbonyl (C=O) groups is 2. The van der Waals surface area contributed by atoms with E-state index >= 15 is 0 Å². The highest BCUT2D eigenvalue weighted by molar-refractivity contribution is 5.98. The van der Waals surface area contributed by atoms with Crippen LogP contribution in [0, 0.1) is 5.92 Å². The Kier molecular flexibility index (Phi) is 5.98. The smallest absolute Gasteiger partial charge is 0.335 e. The van der Waals surface area contributed by atoms with Gasteiger partial charge < -0.3 is 19.5 Å². The van der Waals surface area contributed by atoms with Crippen LogP contribution in [-0.4, -0.2) is 51.8 Å². The maximum absolute atomic E-state index is 11.9. The molecule has 1 aliphatic carbocycles. The van der Waals surface area contributed by atoms with Crippen LogP contribution in [0.25, 0.3) is 22.2 Å². The summed E-state index contributed by atoms with van der Waals surface area (Å²) in [4.78, 5) is 25.9. The van der Waals surface area contributed by atoms with Crippen LogP contribution < -0.4 is 4.74 Å². The van der Waals surface area contributed by atoms with Crippen molar-refractivity contribution in [2.24, 2.45) is 5.92 Å². The number of carboxylic acids is 2. The number of likely N-dealkylation sites (tertiary alicyclic amines) is 1. The Hall–Kier alpha value is -3.32. The average molecular weight is 503 g/mol. The van der Waals surface area contributed by atoms with Crippen LogP contribution >= 0.6 is 0 Å². The van der Waals surface area contributed by atoms with E-state index in [0.29, 0.717) is 11.5 Å². The summed E-state index contributed by atoms with van der Waals surface area (Å²) in [5.41, 5.74) is 6.16. The van der Waals surface area contributed by atoms with E-state index in [1.54, 1.807) is 13.2 Å². The van der Waals surface area contributed by atoms with Gasteiger partial charge in [0, 0.05) is 35.1 Å². The van der Waals surface area contributed by atoms with Crippen LogP contribution in [0.5, 0.6) is 5.75 Å². The number of hydrogen-bond donors (Lipinski definition) is 2. The SMILES string of the molecule is COc1ccc2c(c1)C1C(CC(CC(=O)O)N1C)Cn1c-2c(C2CCCCC2)c2ccc(C(=O)O)cc21. The lowest BCUT2D eigenvalue weighted by molar-refractivity contribution is -0.138. The molecule has 7 heteroatoms. The third-order valence-electron chi connectivity index (χ3n) is 9.06. The third kappa shape index (κ3) is 3.91. The first-order valence-electron chi connectivity index (χ1n) is 13.4. The Labute approximate surface area is 216 Å². The summed E-state index contributed by atoms with van der Waals surface area (Å²) in [6.45, 7) is 0.726. The molecule has 194 valence electrons. The van der Waals surface area contributed by atoms with Gasteiger partial charge in [0.05, 0.1) is 24.8 Å². The molecule has 1 aromatic heterocycles. The molecule has 7 nitrogen and oxygen atoms in total. The van der Waals surface area contributed by atoms with Gasteiger partial charge in [-0.05, 0) is 79.6 Å². The Bertz CT molecular complexity index is 1390. The highest BCUT2D eigenvalue weighted by Gasteiger charge is 2.44. The fourth-order valence-corrected chi connectivity index (χ4v) is 7.44. The summed E-state index contributed by atoms with van der Waals surface area (Å²) in [7, 11) is 3.73. The number of fused-ring (bicyclic) bond motifs is 7. The van der Waals surface area contributed by atoms with Crippen molar-refractivity contribution in [3.8, 4) is 17.0 Å². The first-order chi connectivity index (χ1) is 17.9. The summed E-state index contributed by atoms with van der Waals surface area (Å²) in [5, 5.41) is 20.5. The Morgan fingerprint density at radius 1 is 1.05 bits per heavy atom. The number of aromatic nitrogens is 1. The quantitative estimate of drug-likeness (QED) is 0.451. The fourth-order valence-electron chi connectivity index (χ4n) is 7.44. The van der Waals surface area contributed by atoms with Gasteiger partial charge in [-0.15, -0.1) is 0 Å². The van der Waals surface area contributed by atoms with Crippen LogP contribution in [0.1, 0.15) is 78.4 Å². The van der Waals surface area contributed by atoms with E-state index in [0.717, 1.165) is 48.0 Å². The van der Waals surface area contributed by atoms with Crippen molar-refractivity contribution >= 4 is 22.8 Å². The maximum atomic E-state index is 11.9. The van der Waals surface area contributed by atoms with Gasteiger partial charge in [-0.1, -0.05) is 25.3 Å². The predicted octanol–water partition coefficient (Wildman–Crippen LogP) is 5.91. The number of ether oxygens (including phenoxy) is 1. The topological polar surface area (TPSA) is 92.0 Å². The van der Waals surface area contributed by atoms with E-state index in [4.69, 9.17) is 4.74 Å².